The Morgan fingerprint density at radius 2 is 1.75 bits per heavy atom. The Balaban J connectivity index is 1.90. The van der Waals surface area contributed by atoms with Gasteiger partial charge in [-0.2, -0.15) is 0 Å². The van der Waals surface area contributed by atoms with Gasteiger partial charge in [0.05, 0.1) is 7.11 Å². The number of ether oxygens (including phenoxy) is 1. The van der Waals surface area contributed by atoms with E-state index in [1.165, 1.54) is 0 Å². The van der Waals surface area contributed by atoms with Gasteiger partial charge in [-0.25, -0.2) is 0 Å². The summed E-state index contributed by atoms with van der Waals surface area (Å²) in [4.78, 5) is 25.9. The third-order valence-electron chi connectivity index (χ3n) is 3.37. The lowest BCUT2D eigenvalue weighted by molar-refractivity contribution is -0.144. The molecule has 1 amide bonds. The second kappa shape index (κ2) is 6.27. The van der Waals surface area contributed by atoms with Crippen LogP contribution in [0, 0.1) is 0 Å². The van der Waals surface area contributed by atoms with Gasteiger partial charge in [-0.05, 0) is 24.3 Å². The van der Waals surface area contributed by atoms with Gasteiger partial charge in [0, 0.05) is 31.9 Å². The van der Waals surface area contributed by atoms with E-state index in [2.05, 4.69) is 4.90 Å². The van der Waals surface area contributed by atoms with Crippen LogP contribution in [-0.4, -0.2) is 55.2 Å². The summed E-state index contributed by atoms with van der Waals surface area (Å²) < 4.78 is 5.11. The summed E-state index contributed by atoms with van der Waals surface area (Å²) in [6.45, 7) is 2.52. The van der Waals surface area contributed by atoms with Crippen LogP contribution in [-0.2, 0) is 9.59 Å². The lowest BCUT2D eigenvalue weighted by Gasteiger charge is -2.36. The number of carbonyl (C=O) groups excluding carboxylic acids is 1. The molecule has 1 aliphatic heterocycles. The van der Waals surface area contributed by atoms with E-state index in [4.69, 9.17) is 9.84 Å². The second-order valence-corrected chi connectivity index (χ2v) is 4.64. The molecule has 1 aromatic rings. The zero-order valence-electron chi connectivity index (χ0n) is 11.4. The molecule has 1 heterocycles. The van der Waals surface area contributed by atoms with Crippen molar-refractivity contribution in [2.24, 2.45) is 0 Å². The number of anilines is 1. The number of amides is 1. The maximum Gasteiger partial charge on any atom is 0.312 e. The van der Waals surface area contributed by atoms with Crippen LogP contribution in [0.3, 0.4) is 0 Å². The minimum atomic E-state index is -1.08. The molecule has 0 aliphatic carbocycles. The summed E-state index contributed by atoms with van der Waals surface area (Å²) in [6.07, 6.45) is -0.428. The molecule has 20 heavy (non-hydrogen) atoms. The summed E-state index contributed by atoms with van der Waals surface area (Å²) in [5.74, 6) is -0.580. The van der Waals surface area contributed by atoms with E-state index in [1.54, 1.807) is 12.0 Å². The summed E-state index contributed by atoms with van der Waals surface area (Å²) in [7, 11) is 1.63. The Morgan fingerprint density at radius 1 is 1.15 bits per heavy atom. The van der Waals surface area contributed by atoms with Crippen LogP contribution in [0.5, 0.6) is 5.75 Å². The highest BCUT2D eigenvalue weighted by Crippen LogP contribution is 2.20. The monoisotopic (exact) mass is 278 g/mol. The second-order valence-electron chi connectivity index (χ2n) is 4.64. The average molecular weight is 278 g/mol. The molecule has 1 N–H and O–H groups in total. The predicted molar refractivity (Wildman–Crippen MR) is 74.0 cm³/mol. The van der Waals surface area contributed by atoms with E-state index < -0.39 is 12.4 Å². The third-order valence-corrected chi connectivity index (χ3v) is 3.37. The van der Waals surface area contributed by atoms with Crippen molar-refractivity contribution in [3.8, 4) is 5.75 Å². The number of nitrogens with zero attached hydrogens (tertiary/aromatic N) is 2. The van der Waals surface area contributed by atoms with Crippen molar-refractivity contribution in [1.82, 2.24) is 4.90 Å². The topological polar surface area (TPSA) is 70.1 Å². The molecule has 0 saturated carbocycles. The van der Waals surface area contributed by atoms with Crippen molar-refractivity contribution in [3.05, 3.63) is 24.3 Å². The van der Waals surface area contributed by atoms with Crippen LogP contribution in [0.1, 0.15) is 6.42 Å². The van der Waals surface area contributed by atoms with Crippen molar-refractivity contribution in [1.29, 1.82) is 0 Å². The number of aliphatic carboxylic acids is 1. The number of carboxylic acid groups (broad SMARTS) is 1. The molecule has 2 rings (SSSR count). The average Bonchev–Trinajstić information content (AvgIpc) is 2.47. The fraction of sp³-hybridized carbons (Fsp3) is 0.429. The molecular weight excluding hydrogens is 260 g/mol. The van der Waals surface area contributed by atoms with Gasteiger partial charge in [0.1, 0.15) is 12.2 Å². The molecule has 0 spiro atoms. The summed E-state index contributed by atoms with van der Waals surface area (Å²) >= 11 is 0. The van der Waals surface area contributed by atoms with Crippen molar-refractivity contribution in [3.63, 3.8) is 0 Å². The van der Waals surface area contributed by atoms with Gasteiger partial charge in [0.2, 0.25) is 5.91 Å². The molecule has 0 bridgehead atoms. The number of hydrogen-bond donors (Lipinski definition) is 1. The predicted octanol–water partition coefficient (Wildman–Crippen LogP) is 0.818. The van der Waals surface area contributed by atoms with Crippen LogP contribution < -0.4 is 9.64 Å². The molecule has 108 valence electrons. The van der Waals surface area contributed by atoms with Gasteiger partial charge < -0.3 is 19.6 Å². The molecule has 6 heteroatoms. The van der Waals surface area contributed by atoms with E-state index in [0.29, 0.717) is 26.2 Å². The lowest BCUT2D eigenvalue weighted by atomic mass is 10.2. The number of carboxylic acids is 1. The summed E-state index contributed by atoms with van der Waals surface area (Å²) in [6, 6.07) is 7.76. The molecule has 0 aromatic heterocycles. The van der Waals surface area contributed by atoms with Crippen molar-refractivity contribution >= 4 is 17.6 Å². The molecule has 1 aliphatic rings. The van der Waals surface area contributed by atoms with E-state index in [-0.39, 0.29) is 5.91 Å². The van der Waals surface area contributed by atoms with E-state index in [9.17, 15) is 9.59 Å². The standard InChI is InChI=1S/C14H18N2O4/c1-20-12-4-2-11(3-5-12)15-6-8-16(9-7-15)13(17)10-14(18)19/h2-5H,6-10H2,1H3,(H,18,19). The Bertz CT molecular complexity index is 478. The summed E-state index contributed by atoms with van der Waals surface area (Å²) in [5, 5.41) is 8.62. The van der Waals surface area contributed by atoms with Gasteiger partial charge in [0.15, 0.2) is 0 Å². The first-order valence-electron chi connectivity index (χ1n) is 6.48. The number of piperazine rings is 1. The van der Waals surface area contributed by atoms with Crippen LogP contribution >= 0.6 is 0 Å². The molecule has 6 nitrogen and oxygen atoms in total. The Labute approximate surface area is 117 Å². The number of rotatable bonds is 4. The number of carbonyl (C=O) groups is 2. The van der Waals surface area contributed by atoms with Crippen molar-refractivity contribution in [2.75, 3.05) is 38.2 Å². The Morgan fingerprint density at radius 3 is 2.25 bits per heavy atom. The first kappa shape index (κ1) is 14.2. The molecule has 1 fully saturated rings. The first-order chi connectivity index (χ1) is 9.60. The van der Waals surface area contributed by atoms with Crippen LogP contribution in [0.2, 0.25) is 0 Å². The maximum absolute atomic E-state index is 11.6. The van der Waals surface area contributed by atoms with Gasteiger partial charge in [-0.1, -0.05) is 0 Å². The Hall–Kier alpha value is -2.24. The van der Waals surface area contributed by atoms with Gasteiger partial charge in [-0.15, -0.1) is 0 Å². The zero-order chi connectivity index (χ0) is 14.5. The van der Waals surface area contributed by atoms with Crippen molar-refractivity contribution < 1.29 is 19.4 Å². The van der Waals surface area contributed by atoms with E-state index in [1.807, 2.05) is 24.3 Å². The van der Waals surface area contributed by atoms with E-state index in [0.717, 1.165) is 11.4 Å². The Kier molecular flexibility index (Phi) is 4.45. The van der Waals surface area contributed by atoms with Crippen LogP contribution in [0.15, 0.2) is 24.3 Å². The highest BCUT2D eigenvalue weighted by molar-refractivity contribution is 5.93. The fourth-order valence-electron chi connectivity index (χ4n) is 2.25. The SMILES string of the molecule is COc1ccc(N2CCN(C(=O)CC(=O)O)CC2)cc1. The largest absolute Gasteiger partial charge is 0.497 e. The highest BCUT2D eigenvalue weighted by Gasteiger charge is 2.22. The maximum atomic E-state index is 11.6. The number of hydrogen-bond acceptors (Lipinski definition) is 4. The minimum absolute atomic E-state index is 0.313. The minimum Gasteiger partial charge on any atom is -0.497 e. The third kappa shape index (κ3) is 3.40. The highest BCUT2D eigenvalue weighted by atomic mass is 16.5. The van der Waals surface area contributed by atoms with Gasteiger partial charge >= 0.3 is 5.97 Å². The van der Waals surface area contributed by atoms with E-state index >= 15 is 0 Å². The molecule has 0 radical (unpaired) electrons. The molecular formula is C14H18N2O4. The van der Waals surface area contributed by atoms with Crippen LogP contribution in [0.4, 0.5) is 5.69 Å². The smallest absolute Gasteiger partial charge is 0.312 e. The first-order valence-corrected chi connectivity index (χ1v) is 6.48. The number of benzene rings is 1. The quantitative estimate of drug-likeness (QED) is 0.826. The zero-order valence-corrected chi connectivity index (χ0v) is 11.4. The van der Waals surface area contributed by atoms with Gasteiger partial charge in [0.25, 0.3) is 0 Å². The fourth-order valence-corrected chi connectivity index (χ4v) is 2.25. The van der Waals surface area contributed by atoms with Crippen molar-refractivity contribution in [2.45, 2.75) is 6.42 Å². The number of methoxy groups -OCH3 is 1. The lowest BCUT2D eigenvalue weighted by Crippen LogP contribution is -2.49. The molecule has 0 atom stereocenters. The molecule has 1 aromatic carbocycles. The van der Waals surface area contributed by atoms with Crippen LogP contribution in [0.25, 0.3) is 0 Å². The molecule has 0 unspecified atom stereocenters. The molecule has 1 saturated heterocycles. The summed E-state index contributed by atoms with van der Waals surface area (Å²) in [5.41, 5.74) is 1.08. The van der Waals surface area contributed by atoms with Gasteiger partial charge in [-0.3, -0.25) is 9.59 Å². The normalized spacial score (nSPS) is 15.1.